The van der Waals surface area contributed by atoms with Crippen molar-refractivity contribution < 1.29 is 9.66 Å². The maximum atomic E-state index is 10.8. The molecule has 1 saturated heterocycles. The quantitative estimate of drug-likeness (QED) is 0.675. The first-order valence-electron chi connectivity index (χ1n) is 7.45. The van der Waals surface area contributed by atoms with E-state index < -0.39 is 0 Å². The number of nitro benzene ring substituents is 1. The molecule has 0 spiro atoms. The topological polar surface area (TPSA) is 64.4 Å². The molecule has 2 aliphatic heterocycles. The van der Waals surface area contributed by atoms with Crippen molar-refractivity contribution in [2.24, 2.45) is 5.92 Å². The number of rotatable bonds is 2. The van der Waals surface area contributed by atoms with Gasteiger partial charge in [0.25, 0.3) is 5.69 Å². The monoisotopic (exact) mass is 296 g/mol. The lowest BCUT2D eigenvalue weighted by atomic mass is 9.81. The van der Waals surface area contributed by atoms with Crippen LogP contribution < -0.4 is 5.32 Å². The zero-order chi connectivity index (χ0) is 15.1. The van der Waals surface area contributed by atoms with Gasteiger partial charge in [-0.05, 0) is 18.1 Å². The molecule has 2 aromatic rings. The molecule has 22 heavy (non-hydrogen) atoms. The molecule has 0 bridgehead atoms. The molecule has 4 rings (SSSR count). The average Bonchev–Trinajstić information content (AvgIpc) is 3.04. The highest BCUT2D eigenvalue weighted by Crippen LogP contribution is 2.49. The van der Waals surface area contributed by atoms with E-state index in [0.29, 0.717) is 5.92 Å². The summed E-state index contributed by atoms with van der Waals surface area (Å²) in [5.41, 5.74) is 3.50. The molecule has 0 aromatic heterocycles. The fourth-order valence-corrected chi connectivity index (χ4v) is 3.55. The predicted octanol–water partition coefficient (Wildman–Crippen LogP) is 3.84. The van der Waals surface area contributed by atoms with Crippen LogP contribution in [0.5, 0.6) is 0 Å². The molecule has 5 heteroatoms. The highest BCUT2D eigenvalue weighted by atomic mass is 16.6. The summed E-state index contributed by atoms with van der Waals surface area (Å²) >= 11 is 0. The van der Waals surface area contributed by atoms with E-state index in [9.17, 15) is 10.1 Å². The first kappa shape index (κ1) is 13.3. The maximum Gasteiger partial charge on any atom is 0.269 e. The van der Waals surface area contributed by atoms with Gasteiger partial charge >= 0.3 is 0 Å². The van der Waals surface area contributed by atoms with Crippen LogP contribution in [0.1, 0.15) is 29.7 Å². The molecular formula is C17H16N2O3. The third-order valence-corrected chi connectivity index (χ3v) is 4.61. The Bertz CT molecular complexity index is 714. The second-order valence-electron chi connectivity index (χ2n) is 5.80. The molecule has 3 atom stereocenters. The molecule has 0 saturated carbocycles. The van der Waals surface area contributed by atoms with Crippen molar-refractivity contribution in [2.45, 2.75) is 18.6 Å². The Labute approximate surface area is 128 Å². The Morgan fingerprint density at radius 3 is 2.68 bits per heavy atom. The molecule has 1 fully saturated rings. The van der Waals surface area contributed by atoms with Gasteiger partial charge in [-0.1, -0.05) is 30.3 Å². The van der Waals surface area contributed by atoms with Crippen LogP contribution in [0.3, 0.4) is 0 Å². The predicted molar refractivity (Wildman–Crippen MR) is 82.7 cm³/mol. The van der Waals surface area contributed by atoms with Crippen molar-refractivity contribution in [3.05, 3.63) is 69.8 Å². The van der Waals surface area contributed by atoms with Crippen LogP contribution in [0, 0.1) is 16.0 Å². The number of nitrogens with one attached hydrogen (secondary N) is 1. The van der Waals surface area contributed by atoms with E-state index in [1.807, 2.05) is 24.3 Å². The number of para-hydroxylation sites is 1. The van der Waals surface area contributed by atoms with E-state index in [0.717, 1.165) is 24.3 Å². The molecule has 0 amide bonds. The summed E-state index contributed by atoms with van der Waals surface area (Å²) in [6, 6.07) is 15.2. The minimum Gasteiger partial charge on any atom is -0.378 e. The average molecular weight is 296 g/mol. The van der Waals surface area contributed by atoms with E-state index in [1.54, 1.807) is 12.1 Å². The van der Waals surface area contributed by atoms with Gasteiger partial charge in [0, 0.05) is 35.9 Å². The van der Waals surface area contributed by atoms with Gasteiger partial charge in [-0.2, -0.15) is 0 Å². The Morgan fingerprint density at radius 1 is 1.14 bits per heavy atom. The van der Waals surface area contributed by atoms with Gasteiger partial charge in [-0.3, -0.25) is 10.1 Å². The Balaban J connectivity index is 1.71. The number of ether oxygens (including phenoxy) is 1. The van der Waals surface area contributed by atoms with Crippen LogP contribution in [0.25, 0.3) is 0 Å². The maximum absolute atomic E-state index is 10.8. The van der Waals surface area contributed by atoms with Gasteiger partial charge in [0.2, 0.25) is 0 Å². The number of nitrogens with zero attached hydrogens (tertiary/aromatic N) is 1. The fourth-order valence-electron chi connectivity index (χ4n) is 3.55. The van der Waals surface area contributed by atoms with Crippen molar-refractivity contribution in [1.82, 2.24) is 0 Å². The summed E-state index contributed by atoms with van der Waals surface area (Å²) < 4.78 is 5.95. The standard InChI is InChI=1S/C17H16N2O3/c20-19(21)12-7-5-11(6-8-12)16-14-9-10-22-17(14)13-3-1-2-4-15(13)18-16/h1-8,14,16-18H,9-10H2/t14-,16+,17+/m0/s1. The number of anilines is 1. The van der Waals surface area contributed by atoms with Crippen molar-refractivity contribution in [1.29, 1.82) is 0 Å². The zero-order valence-corrected chi connectivity index (χ0v) is 11.9. The van der Waals surface area contributed by atoms with Crippen LogP contribution in [-0.2, 0) is 4.74 Å². The molecule has 2 aromatic carbocycles. The van der Waals surface area contributed by atoms with Crippen molar-refractivity contribution in [3.8, 4) is 0 Å². The Hall–Kier alpha value is -2.40. The van der Waals surface area contributed by atoms with Gasteiger partial charge in [0.05, 0.1) is 17.1 Å². The lowest BCUT2D eigenvalue weighted by Gasteiger charge is -2.36. The normalized spacial score (nSPS) is 25.9. The van der Waals surface area contributed by atoms with E-state index in [1.165, 1.54) is 5.56 Å². The van der Waals surface area contributed by atoms with Crippen LogP contribution in [-0.4, -0.2) is 11.5 Å². The van der Waals surface area contributed by atoms with Crippen LogP contribution >= 0.6 is 0 Å². The molecular weight excluding hydrogens is 280 g/mol. The minimum absolute atomic E-state index is 0.109. The van der Waals surface area contributed by atoms with Crippen molar-refractivity contribution >= 4 is 11.4 Å². The fraction of sp³-hybridized carbons (Fsp3) is 0.294. The first-order chi connectivity index (χ1) is 10.7. The Kier molecular flexibility index (Phi) is 3.08. The third kappa shape index (κ3) is 2.05. The summed E-state index contributed by atoms with van der Waals surface area (Å²) in [4.78, 5) is 10.4. The molecule has 0 unspecified atom stereocenters. The second-order valence-corrected chi connectivity index (χ2v) is 5.80. The number of nitro groups is 1. The van der Waals surface area contributed by atoms with Crippen LogP contribution in [0.4, 0.5) is 11.4 Å². The van der Waals surface area contributed by atoms with Gasteiger partial charge in [-0.15, -0.1) is 0 Å². The molecule has 2 aliphatic rings. The smallest absolute Gasteiger partial charge is 0.269 e. The highest BCUT2D eigenvalue weighted by Gasteiger charge is 2.41. The number of benzene rings is 2. The number of non-ortho nitro benzene ring substituents is 1. The van der Waals surface area contributed by atoms with E-state index >= 15 is 0 Å². The highest BCUT2D eigenvalue weighted by molar-refractivity contribution is 5.57. The van der Waals surface area contributed by atoms with Gasteiger partial charge in [0.1, 0.15) is 0 Å². The lowest BCUT2D eigenvalue weighted by Crippen LogP contribution is -2.29. The van der Waals surface area contributed by atoms with E-state index in [2.05, 4.69) is 17.4 Å². The molecule has 0 aliphatic carbocycles. The largest absolute Gasteiger partial charge is 0.378 e. The van der Waals surface area contributed by atoms with Crippen molar-refractivity contribution in [3.63, 3.8) is 0 Å². The molecule has 2 heterocycles. The summed E-state index contributed by atoms with van der Waals surface area (Å²) in [7, 11) is 0. The summed E-state index contributed by atoms with van der Waals surface area (Å²) in [6.45, 7) is 0.759. The molecule has 1 N–H and O–H groups in total. The molecule has 112 valence electrons. The number of hydrogen-bond acceptors (Lipinski definition) is 4. The SMILES string of the molecule is O=[N+]([O-])c1ccc([C@H]2Nc3ccccc3[C@H]3OCC[C@@H]23)cc1. The Morgan fingerprint density at radius 2 is 1.91 bits per heavy atom. The van der Waals surface area contributed by atoms with Gasteiger partial charge < -0.3 is 10.1 Å². The van der Waals surface area contributed by atoms with Crippen LogP contribution in [0.15, 0.2) is 48.5 Å². The van der Waals surface area contributed by atoms with Gasteiger partial charge in [-0.25, -0.2) is 0 Å². The number of hydrogen-bond donors (Lipinski definition) is 1. The first-order valence-corrected chi connectivity index (χ1v) is 7.45. The lowest BCUT2D eigenvalue weighted by molar-refractivity contribution is -0.384. The minimum atomic E-state index is -0.366. The van der Waals surface area contributed by atoms with Crippen molar-refractivity contribution in [2.75, 3.05) is 11.9 Å². The molecule has 5 nitrogen and oxygen atoms in total. The van der Waals surface area contributed by atoms with E-state index in [-0.39, 0.29) is 22.8 Å². The van der Waals surface area contributed by atoms with Gasteiger partial charge in [0.15, 0.2) is 0 Å². The number of fused-ring (bicyclic) bond motifs is 3. The third-order valence-electron chi connectivity index (χ3n) is 4.61. The second kappa shape index (κ2) is 5.10. The molecule has 0 radical (unpaired) electrons. The summed E-state index contributed by atoms with van der Waals surface area (Å²) in [5, 5.41) is 14.4. The summed E-state index contributed by atoms with van der Waals surface area (Å²) in [5.74, 6) is 0.358. The van der Waals surface area contributed by atoms with E-state index in [4.69, 9.17) is 4.74 Å². The zero-order valence-electron chi connectivity index (χ0n) is 11.9. The van der Waals surface area contributed by atoms with Crippen LogP contribution in [0.2, 0.25) is 0 Å². The summed E-state index contributed by atoms with van der Waals surface area (Å²) in [6.07, 6.45) is 1.10.